The van der Waals surface area contributed by atoms with Crippen molar-refractivity contribution in [3.8, 4) is 0 Å². The van der Waals surface area contributed by atoms with Gasteiger partial charge >= 0.3 is 0 Å². The second kappa shape index (κ2) is 4.34. The normalized spacial score (nSPS) is 14.6. The van der Waals surface area contributed by atoms with E-state index in [-0.39, 0.29) is 5.54 Å². The first-order chi connectivity index (χ1) is 7.97. The number of aryl methyl sites for hydroxylation is 2. The summed E-state index contributed by atoms with van der Waals surface area (Å²) in [7, 11) is 1.92. The van der Waals surface area contributed by atoms with E-state index in [4.69, 9.17) is 5.73 Å². The molecule has 0 bridgehead atoms. The van der Waals surface area contributed by atoms with Gasteiger partial charge in [-0.05, 0) is 25.5 Å². The van der Waals surface area contributed by atoms with Crippen LogP contribution >= 0.6 is 0 Å². The van der Waals surface area contributed by atoms with Gasteiger partial charge in [0.1, 0.15) is 0 Å². The van der Waals surface area contributed by atoms with E-state index in [0.717, 1.165) is 17.7 Å². The minimum absolute atomic E-state index is 0.375. The number of aromatic nitrogens is 2. The monoisotopic (exact) mass is 229 g/mol. The van der Waals surface area contributed by atoms with Crippen LogP contribution in [0.25, 0.3) is 0 Å². The maximum absolute atomic E-state index is 6.40. The highest BCUT2D eigenvalue weighted by molar-refractivity contribution is 5.29. The highest BCUT2D eigenvalue weighted by Crippen LogP contribution is 2.22. The van der Waals surface area contributed by atoms with Crippen molar-refractivity contribution in [3.63, 3.8) is 0 Å². The summed E-state index contributed by atoms with van der Waals surface area (Å²) < 4.78 is 1.81. The average molecular weight is 229 g/mol. The number of nitrogens with zero attached hydrogens (tertiary/aromatic N) is 2. The summed E-state index contributed by atoms with van der Waals surface area (Å²) >= 11 is 0. The highest BCUT2D eigenvalue weighted by atomic mass is 15.2. The SMILES string of the molecule is Cc1cccc(C(C)(N)Cc2ccn(C)n2)c1. The minimum atomic E-state index is -0.375. The van der Waals surface area contributed by atoms with Gasteiger partial charge < -0.3 is 5.73 Å². The summed E-state index contributed by atoms with van der Waals surface area (Å²) in [6, 6.07) is 10.4. The van der Waals surface area contributed by atoms with Crippen LogP contribution in [0.5, 0.6) is 0 Å². The number of rotatable bonds is 3. The molecule has 90 valence electrons. The summed E-state index contributed by atoms with van der Waals surface area (Å²) in [5, 5.41) is 4.38. The Labute approximate surface area is 102 Å². The van der Waals surface area contributed by atoms with Gasteiger partial charge in [-0.15, -0.1) is 0 Å². The molecule has 1 atom stereocenters. The third-order valence-electron chi connectivity index (χ3n) is 2.99. The van der Waals surface area contributed by atoms with E-state index < -0.39 is 0 Å². The molecule has 0 radical (unpaired) electrons. The molecule has 1 heterocycles. The van der Waals surface area contributed by atoms with E-state index in [2.05, 4.69) is 37.1 Å². The van der Waals surface area contributed by atoms with E-state index in [0.29, 0.717) is 0 Å². The average Bonchev–Trinajstić information content (AvgIpc) is 2.63. The molecule has 3 nitrogen and oxygen atoms in total. The third kappa shape index (κ3) is 2.74. The molecule has 1 unspecified atom stereocenters. The second-order valence-corrected chi connectivity index (χ2v) is 4.94. The molecule has 1 aromatic carbocycles. The van der Waals surface area contributed by atoms with Crippen LogP contribution in [0.1, 0.15) is 23.7 Å². The van der Waals surface area contributed by atoms with E-state index in [9.17, 15) is 0 Å². The lowest BCUT2D eigenvalue weighted by Gasteiger charge is -2.24. The fourth-order valence-corrected chi connectivity index (χ4v) is 2.04. The lowest BCUT2D eigenvalue weighted by molar-refractivity contribution is 0.481. The standard InChI is InChI=1S/C14H19N3/c1-11-5-4-6-12(9-11)14(2,15)10-13-7-8-17(3)16-13/h4-9H,10,15H2,1-3H3. The molecule has 17 heavy (non-hydrogen) atoms. The fraction of sp³-hybridized carbons (Fsp3) is 0.357. The highest BCUT2D eigenvalue weighted by Gasteiger charge is 2.22. The van der Waals surface area contributed by atoms with Crippen molar-refractivity contribution >= 4 is 0 Å². The van der Waals surface area contributed by atoms with Crippen LogP contribution in [0.3, 0.4) is 0 Å². The Balaban J connectivity index is 2.24. The molecular formula is C14H19N3. The van der Waals surface area contributed by atoms with Crippen molar-refractivity contribution in [2.45, 2.75) is 25.8 Å². The number of nitrogens with two attached hydrogens (primary N) is 1. The zero-order chi connectivity index (χ0) is 12.5. The quantitative estimate of drug-likeness (QED) is 0.876. The van der Waals surface area contributed by atoms with Gasteiger partial charge in [-0.3, -0.25) is 4.68 Å². The zero-order valence-corrected chi connectivity index (χ0v) is 10.6. The van der Waals surface area contributed by atoms with E-state index in [1.165, 1.54) is 5.56 Å². The Morgan fingerprint density at radius 2 is 2.12 bits per heavy atom. The van der Waals surface area contributed by atoms with Crippen molar-refractivity contribution in [1.29, 1.82) is 0 Å². The first-order valence-electron chi connectivity index (χ1n) is 5.82. The van der Waals surface area contributed by atoms with Crippen molar-refractivity contribution in [1.82, 2.24) is 9.78 Å². The topological polar surface area (TPSA) is 43.8 Å². The lowest BCUT2D eigenvalue weighted by Crippen LogP contribution is -2.35. The maximum Gasteiger partial charge on any atom is 0.0646 e. The predicted molar refractivity (Wildman–Crippen MR) is 69.6 cm³/mol. The molecule has 2 rings (SSSR count). The smallest absolute Gasteiger partial charge is 0.0646 e. The zero-order valence-electron chi connectivity index (χ0n) is 10.6. The van der Waals surface area contributed by atoms with Gasteiger partial charge in [0.2, 0.25) is 0 Å². The number of hydrogen-bond donors (Lipinski definition) is 1. The Kier molecular flexibility index (Phi) is 3.03. The van der Waals surface area contributed by atoms with Crippen LogP contribution in [0.2, 0.25) is 0 Å². The van der Waals surface area contributed by atoms with Crippen LogP contribution < -0.4 is 5.73 Å². The lowest BCUT2D eigenvalue weighted by atomic mass is 9.88. The number of hydrogen-bond acceptors (Lipinski definition) is 2. The molecule has 1 aromatic heterocycles. The molecule has 0 saturated carbocycles. The molecule has 2 N–H and O–H groups in total. The fourth-order valence-electron chi connectivity index (χ4n) is 2.04. The molecule has 0 aliphatic carbocycles. The summed E-state index contributed by atoms with van der Waals surface area (Å²) in [6.07, 6.45) is 2.69. The molecule has 0 aliphatic heterocycles. The predicted octanol–water partition coefficient (Wildman–Crippen LogP) is 2.15. The number of benzene rings is 1. The van der Waals surface area contributed by atoms with Gasteiger partial charge in [-0.25, -0.2) is 0 Å². The summed E-state index contributed by atoms with van der Waals surface area (Å²) in [5.41, 5.74) is 9.44. The van der Waals surface area contributed by atoms with Gasteiger partial charge in [0.05, 0.1) is 5.69 Å². The van der Waals surface area contributed by atoms with Crippen molar-refractivity contribution < 1.29 is 0 Å². The Hall–Kier alpha value is -1.61. The van der Waals surface area contributed by atoms with E-state index in [1.807, 2.05) is 30.1 Å². The van der Waals surface area contributed by atoms with Gasteiger partial charge in [-0.2, -0.15) is 5.10 Å². The molecule has 0 aliphatic rings. The molecule has 0 spiro atoms. The maximum atomic E-state index is 6.40. The van der Waals surface area contributed by atoms with Crippen molar-refractivity contribution in [3.05, 3.63) is 53.3 Å². The molecule has 2 aromatic rings. The second-order valence-electron chi connectivity index (χ2n) is 4.94. The summed E-state index contributed by atoms with van der Waals surface area (Å²) in [6.45, 7) is 4.14. The first-order valence-corrected chi connectivity index (χ1v) is 5.82. The van der Waals surface area contributed by atoms with E-state index >= 15 is 0 Å². The van der Waals surface area contributed by atoms with Crippen molar-refractivity contribution in [2.24, 2.45) is 12.8 Å². The Bertz CT molecular complexity index is 512. The molecule has 0 saturated heterocycles. The van der Waals surface area contributed by atoms with Crippen LogP contribution in [0.4, 0.5) is 0 Å². The first kappa shape index (κ1) is 11.9. The van der Waals surface area contributed by atoms with Crippen molar-refractivity contribution in [2.75, 3.05) is 0 Å². The van der Waals surface area contributed by atoms with Crippen LogP contribution in [0, 0.1) is 6.92 Å². The summed E-state index contributed by atoms with van der Waals surface area (Å²) in [5.74, 6) is 0. The van der Waals surface area contributed by atoms with Gasteiger partial charge in [0.25, 0.3) is 0 Å². The molecular weight excluding hydrogens is 210 g/mol. The van der Waals surface area contributed by atoms with Crippen LogP contribution in [-0.2, 0) is 19.0 Å². The van der Waals surface area contributed by atoms with Gasteiger partial charge in [0.15, 0.2) is 0 Å². The Morgan fingerprint density at radius 1 is 1.35 bits per heavy atom. The van der Waals surface area contributed by atoms with Gasteiger partial charge in [0, 0.05) is 25.2 Å². The molecule has 3 heteroatoms. The van der Waals surface area contributed by atoms with Gasteiger partial charge in [-0.1, -0.05) is 29.8 Å². The molecule has 0 amide bonds. The summed E-state index contributed by atoms with van der Waals surface area (Å²) in [4.78, 5) is 0. The minimum Gasteiger partial charge on any atom is -0.321 e. The Morgan fingerprint density at radius 3 is 2.71 bits per heavy atom. The third-order valence-corrected chi connectivity index (χ3v) is 2.99. The van der Waals surface area contributed by atoms with E-state index in [1.54, 1.807) is 0 Å². The molecule has 0 fully saturated rings. The van der Waals surface area contributed by atoms with Crippen LogP contribution in [-0.4, -0.2) is 9.78 Å². The largest absolute Gasteiger partial charge is 0.321 e. The van der Waals surface area contributed by atoms with Crippen LogP contribution in [0.15, 0.2) is 36.5 Å².